The van der Waals surface area contributed by atoms with Crippen LogP contribution in [0.5, 0.6) is 0 Å². The van der Waals surface area contributed by atoms with E-state index in [4.69, 9.17) is 5.11 Å². The molecule has 0 fully saturated rings. The van der Waals surface area contributed by atoms with Crippen molar-refractivity contribution in [3.05, 3.63) is 12.2 Å². The molecule has 1 heterocycles. The van der Waals surface area contributed by atoms with Crippen LogP contribution in [0.15, 0.2) is 17.1 Å². The van der Waals surface area contributed by atoms with Gasteiger partial charge in [0.25, 0.3) is 0 Å². The second-order valence-corrected chi connectivity index (χ2v) is 1.39. The number of aliphatic hydroxyl groups excluding tert-OH is 1. The molecule has 0 atom stereocenters. The molecule has 0 bridgehead atoms. The monoisotopic (exact) mass is 97.1 g/mol. The predicted molar refractivity (Wildman–Crippen MR) is 28.5 cm³/mol. The zero-order valence-electron chi connectivity index (χ0n) is 3.96. The van der Waals surface area contributed by atoms with Gasteiger partial charge in [0.15, 0.2) is 0 Å². The molecular formula is C5H7NO. The van der Waals surface area contributed by atoms with Crippen molar-refractivity contribution in [3.8, 4) is 0 Å². The molecule has 0 aliphatic carbocycles. The molecule has 0 radical (unpaired) electrons. The molecule has 0 aromatic rings. The van der Waals surface area contributed by atoms with Gasteiger partial charge in [0, 0.05) is 0 Å². The highest BCUT2D eigenvalue weighted by Gasteiger charge is 1.92. The highest BCUT2D eigenvalue weighted by Crippen LogP contribution is 1.90. The zero-order chi connectivity index (χ0) is 5.11. The van der Waals surface area contributed by atoms with Crippen LogP contribution in [0.4, 0.5) is 0 Å². The topological polar surface area (TPSA) is 32.6 Å². The highest BCUT2D eigenvalue weighted by molar-refractivity contribution is 5.97. The predicted octanol–water partition coefficient (Wildman–Crippen LogP) is -0.0105. The van der Waals surface area contributed by atoms with Crippen molar-refractivity contribution in [1.29, 1.82) is 0 Å². The Balaban J connectivity index is 2.52. The average Bonchev–Trinajstić information content (AvgIpc) is 2.14. The first-order chi connectivity index (χ1) is 3.43. The standard InChI is InChI=1S/C5H7NO/c7-4-5-2-1-3-6-5/h1-2,7H,3-4H2. The minimum Gasteiger partial charge on any atom is -0.390 e. The molecule has 1 rings (SSSR count). The molecule has 0 spiro atoms. The summed E-state index contributed by atoms with van der Waals surface area (Å²) in [6, 6.07) is 0. The van der Waals surface area contributed by atoms with Crippen molar-refractivity contribution in [3.63, 3.8) is 0 Å². The fraction of sp³-hybridized carbons (Fsp3) is 0.400. The lowest BCUT2D eigenvalue weighted by atomic mass is 10.4. The van der Waals surface area contributed by atoms with Crippen molar-refractivity contribution in [2.45, 2.75) is 0 Å². The fourth-order valence-electron chi connectivity index (χ4n) is 0.514. The molecule has 0 amide bonds. The van der Waals surface area contributed by atoms with E-state index in [0.29, 0.717) is 0 Å². The Labute approximate surface area is 42.2 Å². The number of rotatable bonds is 1. The van der Waals surface area contributed by atoms with Crippen LogP contribution in [0.1, 0.15) is 0 Å². The first-order valence-corrected chi connectivity index (χ1v) is 2.24. The number of aliphatic imine (C=N–C) groups is 1. The van der Waals surface area contributed by atoms with Crippen molar-refractivity contribution in [2.75, 3.05) is 13.2 Å². The summed E-state index contributed by atoms with van der Waals surface area (Å²) in [5, 5.41) is 8.38. The lowest BCUT2D eigenvalue weighted by Crippen LogP contribution is -1.95. The Morgan fingerprint density at radius 3 is 3.00 bits per heavy atom. The first kappa shape index (κ1) is 4.53. The molecule has 1 aliphatic heterocycles. The summed E-state index contributed by atoms with van der Waals surface area (Å²) in [6.07, 6.45) is 3.76. The van der Waals surface area contributed by atoms with Gasteiger partial charge < -0.3 is 5.11 Å². The summed E-state index contributed by atoms with van der Waals surface area (Å²) in [6.45, 7) is 0.826. The lowest BCUT2D eigenvalue weighted by molar-refractivity contribution is 0.358. The van der Waals surface area contributed by atoms with E-state index in [2.05, 4.69) is 4.99 Å². The molecule has 0 aromatic heterocycles. The Bertz CT molecular complexity index is 115. The molecule has 0 unspecified atom stereocenters. The number of aliphatic hydroxyl groups is 1. The smallest absolute Gasteiger partial charge is 0.0848 e. The molecule has 0 saturated carbocycles. The van der Waals surface area contributed by atoms with Crippen LogP contribution in [-0.4, -0.2) is 24.0 Å². The summed E-state index contributed by atoms with van der Waals surface area (Å²) >= 11 is 0. The van der Waals surface area contributed by atoms with Gasteiger partial charge in [-0.2, -0.15) is 0 Å². The molecule has 0 aromatic carbocycles. The van der Waals surface area contributed by atoms with E-state index in [1.165, 1.54) is 0 Å². The van der Waals surface area contributed by atoms with E-state index in [1.54, 1.807) is 0 Å². The maximum atomic E-state index is 8.38. The average molecular weight is 97.1 g/mol. The van der Waals surface area contributed by atoms with E-state index in [-0.39, 0.29) is 6.61 Å². The summed E-state index contributed by atoms with van der Waals surface area (Å²) in [5.74, 6) is 0. The highest BCUT2D eigenvalue weighted by atomic mass is 16.3. The third-order valence-electron chi connectivity index (χ3n) is 0.872. The zero-order valence-corrected chi connectivity index (χ0v) is 3.96. The summed E-state index contributed by atoms with van der Waals surface area (Å²) in [7, 11) is 0. The lowest BCUT2D eigenvalue weighted by Gasteiger charge is -1.82. The second kappa shape index (κ2) is 1.89. The summed E-state index contributed by atoms with van der Waals surface area (Å²) in [5.41, 5.74) is 0.792. The number of hydrogen-bond donors (Lipinski definition) is 1. The van der Waals surface area contributed by atoms with E-state index < -0.39 is 0 Å². The van der Waals surface area contributed by atoms with Crippen LogP contribution < -0.4 is 0 Å². The third kappa shape index (κ3) is 0.871. The van der Waals surface area contributed by atoms with Gasteiger partial charge in [0.05, 0.1) is 18.9 Å². The molecular weight excluding hydrogens is 90.1 g/mol. The summed E-state index contributed by atoms with van der Waals surface area (Å²) in [4.78, 5) is 3.91. The van der Waals surface area contributed by atoms with Gasteiger partial charge in [-0.3, -0.25) is 4.99 Å². The first-order valence-electron chi connectivity index (χ1n) is 2.24. The van der Waals surface area contributed by atoms with Crippen molar-refractivity contribution in [2.24, 2.45) is 4.99 Å². The second-order valence-electron chi connectivity index (χ2n) is 1.39. The van der Waals surface area contributed by atoms with Gasteiger partial charge in [0.1, 0.15) is 0 Å². The van der Waals surface area contributed by atoms with Gasteiger partial charge in [-0.15, -0.1) is 0 Å². The van der Waals surface area contributed by atoms with Crippen molar-refractivity contribution < 1.29 is 5.11 Å². The Morgan fingerprint density at radius 2 is 2.71 bits per heavy atom. The van der Waals surface area contributed by atoms with E-state index >= 15 is 0 Å². The van der Waals surface area contributed by atoms with Crippen LogP contribution in [-0.2, 0) is 0 Å². The molecule has 7 heavy (non-hydrogen) atoms. The Morgan fingerprint density at radius 1 is 1.86 bits per heavy atom. The fourth-order valence-corrected chi connectivity index (χ4v) is 0.514. The van der Waals surface area contributed by atoms with Gasteiger partial charge in [-0.25, -0.2) is 0 Å². The minimum absolute atomic E-state index is 0.0799. The maximum absolute atomic E-state index is 8.38. The molecule has 0 saturated heterocycles. The van der Waals surface area contributed by atoms with Crippen LogP contribution in [0.2, 0.25) is 0 Å². The minimum atomic E-state index is 0.0799. The maximum Gasteiger partial charge on any atom is 0.0848 e. The largest absolute Gasteiger partial charge is 0.390 e. The van der Waals surface area contributed by atoms with E-state index in [1.807, 2.05) is 12.2 Å². The molecule has 2 heteroatoms. The van der Waals surface area contributed by atoms with Crippen LogP contribution >= 0.6 is 0 Å². The van der Waals surface area contributed by atoms with Crippen LogP contribution in [0, 0.1) is 0 Å². The molecule has 2 nitrogen and oxygen atoms in total. The Hall–Kier alpha value is -0.630. The molecule has 38 valence electrons. The van der Waals surface area contributed by atoms with Gasteiger partial charge in [0.2, 0.25) is 0 Å². The van der Waals surface area contributed by atoms with Gasteiger partial charge in [-0.1, -0.05) is 6.08 Å². The van der Waals surface area contributed by atoms with Crippen LogP contribution in [0.25, 0.3) is 0 Å². The quantitative estimate of drug-likeness (QED) is 0.490. The van der Waals surface area contributed by atoms with Gasteiger partial charge >= 0.3 is 0 Å². The van der Waals surface area contributed by atoms with E-state index in [0.717, 1.165) is 12.3 Å². The Kier molecular flexibility index (Phi) is 1.22. The number of hydrogen-bond acceptors (Lipinski definition) is 2. The SMILES string of the molecule is OCC1=NCC=C1. The summed E-state index contributed by atoms with van der Waals surface area (Å²) < 4.78 is 0. The van der Waals surface area contributed by atoms with Crippen molar-refractivity contribution in [1.82, 2.24) is 0 Å². The molecule has 1 aliphatic rings. The van der Waals surface area contributed by atoms with E-state index in [9.17, 15) is 0 Å². The normalized spacial score (nSPS) is 17.6. The third-order valence-corrected chi connectivity index (χ3v) is 0.872. The number of nitrogens with zero attached hydrogens (tertiary/aromatic N) is 1. The molecule has 1 N–H and O–H groups in total. The van der Waals surface area contributed by atoms with Crippen molar-refractivity contribution >= 4 is 5.71 Å². The van der Waals surface area contributed by atoms with Crippen LogP contribution in [0.3, 0.4) is 0 Å². The van der Waals surface area contributed by atoms with Gasteiger partial charge in [-0.05, 0) is 6.08 Å².